The summed E-state index contributed by atoms with van der Waals surface area (Å²) in [7, 11) is 0. The fraction of sp³-hybridized carbons (Fsp3) is 0.381. The topological polar surface area (TPSA) is 39.5 Å². The first-order valence-electron chi connectivity index (χ1n) is 9.48. The lowest BCUT2D eigenvalue weighted by atomic mass is 10.1. The summed E-state index contributed by atoms with van der Waals surface area (Å²) in [4.78, 5) is 2.43. The first kappa shape index (κ1) is 18.1. The number of rotatable bonds is 7. The lowest BCUT2D eigenvalue weighted by molar-refractivity contribution is 0.0783. The van der Waals surface area contributed by atoms with Crippen LogP contribution in [0.4, 0.5) is 0 Å². The Kier molecular flexibility index (Phi) is 5.75. The van der Waals surface area contributed by atoms with Gasteiger partial charge in [0.2, 0.25) is 0 Å². The summed E-state index contributed by atoms with van der Waals surface area (Å²) in [5.41, 5.74) is 2.24. The summed E-state index contributed by atoms with van der Waals surface area (Å²) in [5, 5.41) is 8.92. The van der Waals surface area contributed by atoms with Gasteiger partial charge in [0, 0.05) is 30.2 Å². The van der Waals surface area contributed by atoms with E-state index >= 15 is 0 Å². The van der Waals surface area contributed by atoms with Gasteiger partial charge < -0.3 is 9.47 Å². The Morgan fingerprint density at radius 3 is 2.67 bits per heavy atom. The van der Waals surface area contributed by atoms with Crippen LogP contribution in [0.5, 0.6) is 11.5 Å². The van der Waals surface area contributed by atoms with Crippen LogP contribution >= 0.6 is 11.3 Å². The second-order valence-electron chi connectivity index (χ2n) is 6.71. The smallest absolute Gasteiger partial charge is 0.161 e. The molecule has 0 bridgehead atoms. The molecule has 0 N–H and O–H groups in total. The molecule has 0 atom stereocenters. The molecule has 0 aliphatic carbocycles. The Balaban J connectivity index is 1.29. The van der Waals surface area contributed by atoms with E-state index in [1.165, 1.54) is 5.56 Å². The molecule has 2 aromatic heterocycles. The summed E-state index contributed by atoms with van der Waals surface area (Å²) in [6, 6.07) is 12.1. The second kappa shape index (κ2) is 8.59. The molecule has 1 fully saturated rings. The molecular weight excluding hydrogens is 358 g/mol. The molecule has 1 saturated heterocycles. The fourth-order valence-corrected chi connectivity index (χ4v) is 4.03. The number of thiophene rings is 1. The Morgan fingerprint density at radius 1 is 1.11 bits per heavy atom. The number of hydrogen-bond donors (Lipinski definition) is 0. The Morgan fingerprint density at radius 2 is 1.93 bits per heavy atom. The predicted octanol–water partition coefficient (Wildman–Crippen LogP) is 4.51. The van der Waals surface area contributed by atoms with Crippen LogP contribution in [0.1, 0.15) is 19.8 Å². The van der Waals surface area contributed by atoms with Crippen LogP contribution in [-0.4, -0.2) is 40.5 Å². The van der Waals surface area contributed by atoms with E-state index in [1.807, 2.05) is 35.9 Å². The molecule has 5 nitrogen and oxygen atoms in total. The van der Waals surface area contributed by atoms with Gasteiger partial charge in [0.25, 0.3) is 0 Å². The van der Waals surface area contributed by atoms with Crippen LogP contribution in [0.3, 0.4) is 0 Å². The number of nitrogens with zero attached hydrogens (tertiary/aromatic N) is 3. The van der Waals surface area contributed by atoms with E-state index in [0.29, 0.717) is 6.61 Å². The third-order valence-corrected chi connectivity index (χ3v) is 5.46. The number of piperidine rings is 1. The highest BCUT2D eigenvalue weighted by Gasteiger charge is 2.22. The molecule has 3 aromatic rings. The molecule has 1 aromatic carbocycles. The van der Waals surface area contributed by atoms with Gasteiger partial charge in [-0.3, -0.25) is 9.58 Å². The number of likely N-dealkylation sites (tertiary alicyclic amines) is 1. The molecule has 3 heterocycles. The molecule has 142 valence electrons. The fourth-order valence-electron chi connectivity index (χ4n) is 3.38. The third kappa shape index (κ3) is 4.51. The molecule has 0 spiro atoms. The van der Waals surface area contributed by atoms with Crippen LogP contribution in [-0.2, 0) is 6.67 Å². The zero-order valence-electron chi connectivity index (χ0n) is 15.6. The minimum absolute atomic E-state index is 0.238. The van der Waals surface area contributed by atoms with Crippen LogP contribution in [0, 0.1) is 0 Å². The average Bonchev–Trinajstić information content (AvgIpc) is 3.37. The number of benzene rings is 1. The highest BCUT2D eigenvalue weighted by Crippen LogP contribution is 2.29. The van der Waals surface area contributed by atoms with Crippen molar-refractivity contribution >= 4 is 11.3 Å². The predicted molar refractivity (Wildman–Crippen MR) is 108 cm³/mol. The maximum absolute atomic E-state index is 6.22. The summed E-state index contributed by atoms with van der Waals surface area (Å²) in [6.45, 7) is 5.49. The van der Waals surface area contributed by atoms with Crippen LogP contribution in [0.25, 0.3) is 11.3 Å². The number of para-hydroxylation sites is 2. The molecule has 0 radical (unpaired) electrons. The van der Waals surface area contributed by atoms with E-state index in [4.69, 9.17) is 14.6 Å². The van der Waals surface area contributed by atoms with E-state index in [0.717, 1.165) is 49.8 Å². The molecule has 6 heteroatoms. The van der Waals surface area contributed by atoms with Crippen LogP contribution in [0.2, 0.25) is 0 Å². The van der Waals surface area contributed by atoms with Crippen molar-refractivity contribution in [2.45, 2.75) is 32.5 Å². The van der Waals surface area contributed by atoms with Crippen molar-refractivity contribution in [2.24, 2.45) is 0 Å². The van der Waals surface area contributed by atoms with Gasteiger partial charge in [-0.2, -0.15) is 16.4 Å². The van der Waals surface area contributed by atoms with Gasteiger partial charge >= 0.3 is 0 Å². The summed E-state index contributed by atoms with van der Waals surface area (Å²) in [6.07, 6.45) is 4.33. The van der Waals surface area contributed by atoms with E-state index in [9.17, 15) is 0 Å². The van der Waals surface area contributed by atoms with Gasteiger partial charge in [-0.1, -0.05) is 12.1 Å². The van der Waals surface area contributed by atoms with Crippen molar-refractivity contribution in [2.75, 3.05) is 19.7 Å². The molecule has 0 unspecified atom stereocenters. The van der Waals surface area contributed by atoms with Gasteiger partial charge in [-0.25, -0.2) is 0 Å². The second-order valence-corrected chi connectivity index (χ2v) is 7.49. The minimum atomic E-state index is 0.238. The first-order valence-corrected chi connectivity index (χ1v) is 10.4. The van der Waals surface area contributed by atoms with Crippen molar-refractivity contribution in [3.05, 3.63) is 53.4 Å². The largest absolute Gasteiger partial charge is 0.490 e. The third-order valence-electron chi connectivity index (χ3n) is 4.78. The molecule has 1 aliphatic rings. The molecule has 0 amide bonds. The maximum Gasteiger partial charge on any atom is 0.161 e. The van der Waals surface area contributed by atoms with Gasteiger partial charge in [0.05, 0.1) is 19.0 Å². The number of aromatic nitrogens is 2. The summed E-state index contributed by atoms with van der Waals surface area (Å²) >= 11 is 1.70. The zero-order chi connectivity index (χ0) is 18.5. The Labute approximate surface area is 164 Å². The molecule has 0 saturated carbocycles. The standard InChI is InChI=1S/C21H25N3O2S/c1-2-25-20-5-3-4-6-21(20)26-18-7-11-23(12-8-18)16-24-13-9-19(22-24)17-10-14-27-15-17/h3-6,9-10,13-15,18H,2,7-8,11-12,16H2,1H3. The quantitative estimate of drug-likeness (QED) is 0.602. The van der Waals surface area contributed by atoms with E-state index in [2.05, 4.69) is 34.0 Å². The average molecular weight is 384 g/mol. The van der Waals surface area contributed by atoms with Crippen molar-refractivity contribution < 1.29 is 9.47 Å². The van der Waals surface area contributed by atoms with Crippen molar-refractivity contribution in [1.29, 1.82) is 0 Å². The van der Waals surface area contributed by atoms with Crippen molar-refractivity contribution in [1.82, 2.24) is 14.7 Å². The van der Waals surface area contributed by atoms with Gasteiger partial charge in [-0.15, -0.1) is 0 Å². The summed E-state index contributed by atoms with van der Waals surface area (Å²) < 4.78 is 13.9. The zero-order valence-corrected chi connectivity index (χ0v) is 16.4. The van der Waals surface area contributed by atoms with Gasteiger partial charge in [-0.05, 0) is 49.4 Å². The van der Waals surface area contributed by atoms with Crippen molar-refractivity contribution in [3.8, 4) is 22.8 Å². The lowest BCUT2D eigenvalue weighted by Crippen LogP contribution is -2.39. The normalized spacial score (nSPS) is 15.7. The molecule has 27 heavy (non-hydrogen) atoms. The van der Waals surface area contributed by atoms with E-state index in [1.54, 1.807) is 11.3 Å². The number of ether oxygens (including phenoxy) is 2. The minimum Gasteiger partial charge on any atom is -0.490 e. The highest BCUT2D eigenvalue weighted by molar-refractivity contribution is 7.08. The molecule has 4 rings (SSSR count). The van der Waals surface area contributed by atoms with Gasteiger partial charge in [0.15, 0.2) is 11.5 Å². The Hall–Kier alpha value is -2.31. The number of hydrogen-bond acceptors (Lipinski definition) is 5. The van der Waals surface area contributed by atoms with E-state index in [-0.39, 0.29) is 6.10 Å². The summed E-state index contributed by atoms with van der Waals surface area (Å²) in [5.74, 6) is 1.69. The van der Waals surface area contributed by atoms with E-state index < -0.39 is 0 Å². The van der Waals surface area contributed by atoms with Gasteiger partial charge in [0.1, 0.15) is 6.10 Å². The Bertz CT molecular complexity index is 839. The van der Waals surface area contributed by atoms with Crippen LogP contribution in [0.15, 0.2) is 53.4 Å². The van der Waals surface area contributed by atoms with Crippen molar-refractivity contribution in [3.63, 3.8) is 0 Å². The molecular formula is C21H25N3O2S. The monoisotopic (exact) mass is 383 g/mol. The van der Waals surface area contributed by atoms with Crippen LogP contribution < -0.4 is 9.47 Å². The maximum atomic E-state index is 6.22. The lowest BCUT2D eigenvalue weighted by Gasteiger charge is -2.32. The molecule has 1 aliphatic heterocycles. The SMILES string of the molecule is CCOc1ccccc1OC1CCN(Cn2ccc(-c3ccsc3)n2)CC1. The highest BCUT2D eigenvalue weighted by atomic mass is 32.1. The first-order chi connectivity index (χ1) is 13.3.